The van der Waals surface area contributed by atoms with Crippen molar-refractivity contribution in [2.45, 2.75) is 23.5 Å². The van der Waals surface area contributed by atoms with E-state index in [1.807, 2.05) is 6.92 Å². The number of carbonyl (C=O) groups excluding carboxylic acids is 1. The van der Waals surface area contributed by atoms with Crippen LogP contribution in [-0.2, 0) is 16.0 Å². The van der Waals surface area contributed by atoms with Gasteiger partial charge in [-0.15, -0.1) is 0 Å². The summed E-state index contributed by atoms with van der Waals surface area (Å²) < 4.78 is 11.7. The number of hydrogen-bond donors (Lipinski definition) is 2. The van der Waals surface area contributed by atoms with Crippen molar-refractivity contribution in [3.8, 4) is 0 Å². The van der Waals surface area contributed by atoms with E-state index in [-0.39, 0.29) is 11.3 Å². The summed E-state index contributed by atoms with van der Waals surface area (Å²) in [5, 5.41) is 1.31. The molecule has 2 saturated heterocycles. The first-order valence-corrected chi connectivity index (χ1v) is 6.29. The lowest BCUT2D eigenvalue weighted by Crippen LogP contribution is -2.50. The summed E-state index contributed by atoms with van der Waals surface area (Å²) in [5.41, 5.74) is 5.23. The van der Waals surface area contributed by atoms with Crippen LogP contribution in [0.4, 0.5) is 0 Å². The number of amides is 1. The molecule has 2 aliphatic heterocycles. The Kier molecular flexibility index (Phi) is 2.77. The van der Waals surface area contributed by atoms with Crippen LogP contribution in [0, 0.1) is 0 Å². The third-order valence-electron chi connectivity index (χ3n) is 3.05. The van der Waals surface area contributed by atoms with Gasteiger partial charge in [0, 0.05) is 12.4 Å². The van der Waals surface area contributed by atoms with Crippen molar-refractivity contribution in [1.29, 1.82) is 0 Å². The molecule has 3 atom stereocenters. The number of hydrogen-bond acceptors (Lipinski definition) is 5. The van der Waals surface area contributed by atoms with Crippen LogP contribution in [-0.4, -0.2) is 43.6 Å². The first kappa shape index (κ1) is 11.6. The van der Waals surface area contributed by atoms with E-state index in [4.69, 9.17) is 11.6 Å². The lowest BCUT2D eigenvalue weighted by atomic mass is 10.1. The van der Waals surface area contributed by atoms with Gasteiger partial charge in [0.1, 0.15) is 0 Å². The normalized spacial score (nSPS) is 37.7. The standard InChI is InChI=1S/C9H16N4O2S/c1-9(5-12(11)3-2-10)6-13-7(14)4-8(13)16(9)15/h2-3,8H,4-6,10-11H2,1H3/b3-2-/t8?,9-,16?/m0/s1. The molecule has 4 N–H and O–H groups in total. The number of fused-ring (bicyclic) bond motifs is 1. The molecule has 0 radical (unpaired) electrons. The van der Waals surface area contributed by atoms with Crippen LogP contribution < -0.4 is 11.6 Å². The van der Waals surface area contributed by atoms with Gasteiger partial charge in [-0.2, -0.15) is 0 Å². The second-order valence-electron chi connectivity index (χ2n) is 4.44. The summed E-state index contributed by atoms with van der Waals surface area (Å²) in [6, 6.07) is 0. The monoisotopic (exact) mass is 244 g/mol. The van der Waals surface area contributed by atoms with Gasteiger partial charge in [0.25, 0.3) is 0 Å². The zero-order valence-electron chi connectivity index (χ0n) is 9.13. The molecule has 0 aliphatic carbocycles. The molecule has 16 heavy (non-hydrogen) atoms. The molecular formula is C9H16N4O2S. The predicted octanol–water partition coefficient (Wildman–Crippen LogP) is -1.33. The minimum absolute atomic E-state index is 0.0833. The fourth-order valence-corrected chi connectivity index (χ4v) is 4.14. The van der Waals surface area contributed by atoms with Gasteiger partial charge in [0.05, 0.1) is 19.5 Å². The summed E-state index contributed by atoms with van der Waals surface area (Å²) in [4.78, 5) is 12.9. The van der Waals surface area contributed by atoms with Gasteiger partial charge < -0.3 is 15.3 Å². The van der Waals surface area contributed by atoms with Crippen LogP contribution >= 0.6 is 0 Å². The highest BCUT2D eigenvalue weighted by atomic mass is 32.2. The van der Waals surface area contributed by atoms with Crippen molar-refractivity contribution >= 4 is 17.1 Å². The second-order valence-corrected chi connectivity index (χ2v) is 6.57. The van der Waals surface area contributed by atoms with E-state index in [0.29, 0.717) is 19.5 Å². The zero-order chi connectivity index (χ0) is 11.9. The Bertz CT molecular complexity index is 337. The highest BCUT2D eigenvalue weighted by molar-refractivity contribution is 7.93. The first-order chi connectivity index (χ1) is 7.48. The lowest BCUT2D eigenvalue weighted by molar-refractivity contribution is -0.141. The van der Waals surface area contributed by atoms with Crippen LogP contribution in [0.15, 0.2) is 12.4 Å². The summed E-state index contributed by atoms with van der Waals surface area (Å²) in [6.45, 7) is 2.82. The summed E-state index contributed by atoms with van der Waals surface area (Å²) in [7, 11) is 0. The number of rotatable bonds is 3. The van der Waals surface area contributed by atoms with Crippen LogP contribution in [0.1, 0.15) is 13.3 Å². The third kappa shape index (κ3) is 1.64. The number of nitrogens with two attached hydrogens (primary N) is 2. The minimum atomic E-state index is -1.05. The number of nitrogens with zero attached hydrogens (tertiary/aromatic N) is 2. The van der Waals surface area contributed by atoms with E-state index in [2.05, 4.69) is 0 Å². The van der Waals surface area contributed by atoms with Crippen molar-refractivity contribution in [3.05, 3.63) is 12.4 Å². The Morgan fingerprint density at radius 3 is 3.00 bits per heavy atom. The van der Waals surface area contributed by atoms with Crippen molar-refractivity contribution in [2.75, 3.05) is 13.1 Å². The largest absolute Gasteiger partial charge is 0.614 e. The van der Waals surface area contributed by atoms with Gasteiger partial charge in [-0.25, -0.2) is 5.84 Å². The SMILES string of the molecule is C[C@]1(CN(N)/C=C\N)CN2C(=O)CC2[S+]1[O-]. The summed E-state index contributed by atoms with van der Waals surface area (Å²) in [6.07, 6.45) is 3.26. The molecule has 6 nitrogen and oxygen atoms in total. The van der Waals surface area contributed by atoms with Crippen molar-refractivity contribution in [3.63, 3.8) is 0 Å². The fourth-order valence-electron chi connectivity index (χ4n) is 2.22. The van der Waals surface area contributed by atoms with E-state index in [1.54, 1.807) is 4.90 Å². The van der Waals surface area contributed by atoms with E-state index in [0.717, 1.165) is 0 Å². The molecule has 2 heterocycles. The van der Waals surface area contributed by atoms with E-state index in [1.165, 1.54) is 17.4 Å². The molecule has 0 aromatic carbocycles. The molecule has 7 heteroatoms. The highest BCUT2D eigenvalue weighted by Gasteiger charge is 2.61. The zero-order valence-corrected chi connectivity index (χ0v) is 9.94. The Hall–Kier alpha value is -0.920. The predicted molar refractivity (Wildman–Crippen MR) is 60.9 cm³/mol. The second kappa shape index (κ2) is 3.83. The third-order valence-corrected chi connectivity index (χ3v) is 5.19. The Morgan fingerprint density at radius 2 is 2.50 bits per heavy atom. The smallest absolute Gasteiger partial charge is 0.233 e. The number of β-lactam (4-membered cyclic amide) rings is 1. The summed E-state index contributed by atoms with van der Waals surface area (Å²) >= 11 is -1.05. The first-order valence-electron chi connectivity index (χ1n) is 5.08. The molecule has 90 valence electrons. The van der Waals surface area contributed by atoms with E-state index in [9.17, 15) is 9.35 Å². The molecule has 2 rings (SSSR count). The van der Waals surface area contributed by atoms with Crippen LogP contribution in [0.3, 0.4) is 0 Å². The average Bonchev–Trinajstić information content (AvgIpc) is 2.39. The highest BCUT2D eigenvalue weighted by Crippen LogP contribution is 2.41. The Labute approximate surface area is 97.4 Å². The topological polar surface area (TPSA) is 98.7 Å². The number of hydrazine groups is 1. The molecule has 2 unspecified atom stereocenters. The quantitative estimate of drug-likeness (QED) is 0.277. The number of carbonyl (C=O) groups is 1. The Balaban J connectivity index is 2.05. The maximum atomic E-state index is 12.2. The van der Waals surface area contributed by atoms with Crippen molar-refractivity contribution in [2.24, 2.45) is 11.6 Å². The maximum Gasteiger partial charge on any atom is 0.233 e. The molecule has 1 amide bonds. The summed E-state index contributed by atoms with van der Waals surface area (Å²) in [5.74, 6) is 5.77. The molecule has 0 aromatic heterocycles. The van der Waals surface area contributed by atoms with Crippen LogP contribution in [0.25, 0.3) is 0 Å². The Morgan fingerprint density at radius 1 is 1.81 bits per heavy atom. The van der Waals surface area contributed by atoms with Crippen LogP contribution in [0.5, 0.6) is 0 Å². The van der Waals surface area contributed by atoms with E-state index >= 15 is 0 Å². The van der Waals surface area contributed by atoms with Gasteiger partial charge in [-0.1, -0.05) is 0 Å². The van der Waals surface area contributed by atoms with Gasteiger partial charge in [0.15, 0.2) is 10.1 Å². The van der Waals surface area contributed by atoms with Gasteiger partial charge in [-0.05, 0) is 18.1 Å². The minimum Gasteiger partial charge on any atom is -0.614 e. The maximum absolute atomic E-state index is 12.2. The van der Waals surface area contributed by atoms with Crippen molar-refractivity contribution < 1.29 is 9.35 Å². The average molecular weight is 244 g/mol. The van der Waals surface area contributed by atoms with Gasteiger partial charge in [-0.3, -0.25) is 9.69 Å². The fraction of sp³-hybridized carbons (Fsp3) is 0.667. The molecular weight excluding hydrogens is 228 g/mol. The van der Waals surface area contributed by atoms with Gasteiger partial charge >= 0.3 is 0 Å². The molecule has 0 saturated carbocycles. The molecule has 0 bridgehead atoms. The van der Waals surface area contributed by atoms with Crippen LogP contribution in [0.2, 0.25) is 0 Å². The lowest BCUT2D eigenvalue weighted by Gasteiger charge is -2.32. The van der Waals surface area contributed by atoms with Crippen molar-refractivity contribution in [1.82, 2.24) is 9.91 Å². The molecule has 2 fully saturated rings. The molecule has 2 aliphatic rings. The van der Waals surface area contributed by atoms with E-state index < -0.39 is 15.9 Å². The van der Waals surface area contributed by atoms with Gasteiger partial charge in [0.2, 0.25) is 5.91 Å². The molecule has 0 spiro atoms. The molecule has 0 aromatic rings.